The highest BCUT2D eigenvalue weighted by Gasteiger charge is 2.13. The van der Waals surface area contributed by atoms with Crippen LogP contribution >= 0.6 is 11.8 Å². The molecule has 0 spiro atoms. The van der Waals surface area contributed by atoms with Gasteiger partial charge >= 0.3 is 0 Å². The highest BCUT2D eigenvalue weighted by Crippen LogP contribution is 2.26. The van der Waals surface area contributed by atoms with Crippen LogP contribution in [-0.4, -0.2) is 21.6 Å². The average Bonchev–Trinajstić information content (AvgIpc) is 2.67. The maximum Gasteiger partial charge on any atom is 0.170 e. The maximum absolute atomic E-state index is 11.1. The first-order chi connectivity index (χ1) is 8.67. The van der Waals surface area contributed by atoms with Gasteiger partial charge in [-0.2, -0.15) is 0 Å². The van der Waals surface area contributed by atoms with E-state index in [1.807, 2.05) is 30.7 Å². The second-order valence-corrected chi connectivity index (χ2v) is 5.36. The molecule has 0 unspecified atom stereocenters. The van der Waals surface area contributed by atoms with Gasteiger partial charge in [0, 0.05) is 17.5 Å². The van der Waals surface area contributed by atoms with Crippen LogP contribution in [0, 0.1) is 6.92 Å². The quantitative estimate of drug-likeness (QED) is 0.625. The molecule has 0 aliphatic heterocycles. The molecule has 0 fully saturated rings. The van der Waals surface area contributed by atoms with Gasteiger partial charge in [-0.3, -0.25) is 4.79 Å². The summed E-state index contributed by atoms with van der Waals surface area (Å²) in [6.45, 7) is 4.03. The van der Waals surface area contributed by atoms with E-state index < -0.39 is 0 Å². The number of nitrogens with zero attached hydrogens (tertiary/aromatic N) is 2. The number of carbonyl (C=O) groups excluding carboxylic acids is 1. The first-order valence-corrected chi connectivity index (χ1v) is 6.87. The summed E-state index contributed by atoms with van der Waals surface area (Å²) in [7, 11) is 1.93. The van der Waals surface area contributed by atoms with Crippen molar-refractivity contribution in [3.63, 3.8) is 0 Å². The van der Waals surface area contributed by atoms with Crippen molar-refractivity contribution in [2.45, 2.75) is 18.7 Å². The molecule has 0 bridgehead atoms. The number of aldehydes is 1. The molecule has 0 saturated heterocycles. The fourth-order valence-electron chi connectivity index (χ4n) is 1.94. The summed E-state index contributed by atoms with van der Waals surface area (Å²) in [5, 5.41) is 0. The number of hydrogen-bond donors (Lipinski definition) is 0. The van der Waals surface area contributed by atoms with Crippen molar-refractivity contribution in [1.29, 1.82) is 0 Å². The molecule has 0 aliphatic rings. The Kier molecular flexibility index (Phi) is 3.87. The van der Waals surface area contributed by atoms with E-state index in [0.29, 0.717) is 5.69 Å². The Balaban J connectivity index is 2.45. The number of carbonyl (C=O) groups is 1. The molecule has 0 radical (unpaired) electrons. The van der Waals surface area contributed by atoms with Gasteiger partial charge < -0.3 is 4.57 Å². The van der Waals surface area contributed by atoms with Crippen molar-refractivity contribution in [2.75, 3.05) is 5.75 Å². The molecule has 1 aromatic heterocycles. The minimum atomic E-state index is 0.505. The third-order valence-electron chi connectivity index (χ3n) is 2.90. The third-order valence-corrected chi connectivity index (χ3v) is 3.79. The number of rotatable bonds is 4. The fourth-order valence-corrected chi connectivity index (χ4v) is 2.60. The summed E-state index contributed by atoms with van der Waals surface area (Å²) >= 11 is 1.81. The summed E-state index contributed by atoms with van der Waals surface area (Å²) in [6.07, 6.45) is 0.817. The largest absolute Gasteiger partial charge is 0.331 e. The van der Waals surface area contributed by atoms with Crippen LogP contribution in [0.2, 0.25) is 0 Å². The van der Waals surface area contributed by atoms with Crippen LogP contribution in [-0.2, 0) is 7.05 Å². The van der Waals surface area contributed by atoms with Gasteiger partial charge in [-0.05, 0) is 24.8 Å². The molecule has 4 heteroatoms. The van der Waals surface area contributed by atoms with E-state index in [1.54, 1.807) is 11.8 Å². The van der Waals surface area contributed by atoms with Crippen LogP contribution in [0.5, 0.6) is 0 Å². The second kappa shape index (κ2) is 5.40. The molecule has 0 amide bonds. The van der Waals surface area contributed by atoms with Gasteiger partial charge in [-0.1, -0.05) is 19.1 Å². The molecule has 0 saturated carbocycles. The molecule has 94 valence electrons. The highest BCUT2D eigenvalue weighted by atomic mass is 32.2. The third kappa shape index (κ3) is 2.34. The lowest BCUT2D eigenvalue weighted by Crippen LogP contribution is -1.95. The lowest BCUT2D eigenvalue weighted by atomic mass is 10.1. The van der Waals surface area contributed by atoms with E-state index in [9.17, 15) is 4.79 Å². The number of hydrogen-bond acceptors (Lipinski definition) is 3. The molecular weight excluding hydrogens is 244 g/mol. The van der Waals surface area contributed by atoms with Crippen molar-refractivity contribution in [1.82, 2.24) is 9.55 Å². The fraction of sp³-hybridized carbons (Fsp3) is 0.286. The molecule has 0 atom stereocenters. The molecule has 18 heavy (non-hydrogen) atoms. The number of aromatic nitrogens is 2. The molecule has 1 heterocycles. The first kappa shape index (κ1) is 12.9. The lowest BCUT2D eigenvalue weighted by Gasteiger charge is -2.06. The minimum Gasteiger partial charge on any atom is -0.331 e. The second-order valence-electron chi connectivity index (χ2n) is 4.03. The van der Waals surface area contributed by atoms with Crippen LogP contribution in [0.25, 0.3) is 11.3 Å². The Morgan fingerprint density at radius 1 is 1.33 bits per heavy atom. The van der Waals surface area contributed by atoms with E-state index in [0.717, 1.165) is 29.1 Å². The zero-order valence-electron chi connectivity index (χ0n) is 10.8. The Labute approximate surface area is 111 Å². The van der Waals surface area contributed by atoms with Crippen LogP contribution in [0.4, 0.5) is 0 Å². The maximum atomic E-state index is 11.1. The molecule has 3 nitrogen and oxygen atoms in total. The van der Waals surface area contributed by atoms with E-state index in [4.69, 9.17) is 0 Å². The molecule has 0 N–H and O–H groups in total. The van der Waals surface area contributed by atoms with E-state index in [-0.39, 0.29) is 0 Å². The Bertz CT molecular complexity index is 558. The van der Waals surface area contributed by atoms with Crippen molar-refractivity contribution < 1.29 is 4.79 Å². The van der Waals surface area contributed by atoms with Crippen LogP contribution < -0.4 is 0 Å². The summed E-state index contributed by atoms with van der Waals surface area (Å²) < 4.78 is 1.95. The minimum absolute atomic E-state index is 0.505. The zero-order valence-corrected chi connectivity index (χ0v) is 11.6. The molecule has 0 aliphatic carbocycles. The summed E-state index contributed by atoms with van der Waals surface area (Å²) in [5.74, 6) is 1.91. The summed E-state index contributed by atoms with van der Waals surface area (Å²) in [4.78, 5) is 16.6. The molecule has 2 aromatic rings. The number of imidazole rings is 1. The topological polar surface area (TPSA) is 34.9 Å². The summed E-state index contributed by atoms with van der Waals surface area (Å²) in [5.41, 5.74) is 2.42. The van der Waals surface area contributed by atoms with Gasteiger partial charge in [-0.15, -0.1) is 11.8 Å². The predicted octanol–water partition coefficient (Wildman–Crippen LogP) is 3.32. The Hall–Kier alpha value is -1.55. The Morgan fingerprint density at radius 3 is 2.56 bits per heavy atom. The van der Waals surface area contributed by atoms with Crippen molar-refractivity contribution >= 4 is 18.0 Å². The van der Waals surface area contributed by atoms with E-state index in [1.165, 1.54) is 4.90 Å². The molecule has 2 rings (SSSR count). The van der Waals surface area contributed by atoms with E-state index in [2.05, 4.69) is 24.0 Å². The zero-order chi connectivity index (χ0) is 13.1. The first-order valence-electron chi connectivity index (χ1n) is 5.89. The highest BCUT2D eigenvalue weighted by molar-refractivity contribution is 7.99. The summed E-state index contributed by atoms with van der Waals surface area (Å²) in [6, 6.07) is 8.25. The Morgan fingerprint density at radius 2 is 2.00 bits per heavy atom. The normalized spacial score (nSPS) is 10.6. The van der Waals surface area contributed by atoms with Gasteiger partial charge in [0.15, 0.2) is 6.29 Å². The number of thioether (sulfide) groups is 1. The van der Waals surface area contributed by atoms with Gasteiger partial charge in [0.25, 0.3) is 0 Å². The van der Waals surface area contributed by atoms with Crippen LogP contribution in [0.15, 0.2) is 29.2 Å². The van der Waals surface area contributed by atoms with Gasteiger partial charge in [-0.25, -0.2) is 4.98 Å². The van der Waals surface area contributed by atoms with Crippen molar-refractivity contribution in [2.24, 2.45) is 7.05 Å². The van der Waals surface area contributed by atoms with Gasteiger partial charge in [0.05, 0.1) is 5.69 Å². The number of benzene rings is 1. The SMILES string of the molecule is CCSc1ccc(-c2c(C=O)nc(C)n2C)cc1. The van der Waals surface area contributed by atoms with Gasteiger partial charge in [0.1, 0.15) is 11.5 Å². The monoisotopic (exact) mass is 260 g/mol. The number of aryl methyl sites for hydroxylation is 1. The van der Waals surface area contributed by atoms with Crippen molar-refractivity contribution in [3.8, 4) is 11.3 Å². The molecular formula is C14H16N2OS. The predicted molar refractivity (Wildman–Crippen MR) is 75.2 cm³/mol. The lowest BCUT2D eigenvalue weighted by molar-refractivity contribution is 0.112. The average molecular weight is 260 g/mol. The van der Waals surface area contributed by atoms with Gasteiger partial charge in [0.2, 0.25) is 0 Å². The smallest absolute Gasteiger partial charge is 0.170 e. The van der Waals surface area contributed by atoms with Crippen LogP contribution in [0.3, 0.4) is 0 Å². The molecule has 1 aromatic carbocycles. The van der Waals surface area contributed by atoms with Crippen LogP contribution in [0.1, 0.15) is 23.2 Å². The van der Waals surface area contributed by atoms with E-state index >= 15 is 0 Å². The standard InChI is InChI=1S/C14H16N2OS/c1-4-18-12-7-5-11(6-8-12)14-13(9-17)15-10(2)16(14)3/h5-9H,4H2,1-3H3. The van der Waals surface area contributed by atoms with Crippen molar-refractivity contribution in [3.05, 3.63) is 35.8 Å².